The van der Waals surface area contributed by atoms with Crippen molar-refractivity contribution >= 4 is 0 Å². The summed E-state index contributed by atoms with van der Waals surface area (Å²) in [6.45, 7) is 7.62. The highest BCUT2D eigenvalue weighted by atomic mass is 15.3. The van der Waals surface area contributed by atoms with Gasteiger partial charge in [-0.3, -0.25) is 14.6 Å². The van der Waals surface area contributed by atoms with E-state index in [1.165, 1.54) is 42.8 Å². The zero-order chi connectivity index (χ0) is 15.5. The Morgan fingerprint density at radius 2 is 2.09 bits per heavy atom. The summed E-state index contributed by atoms with van der Waals surface area (Å²) in [6, 6.07) is 4.35. The lowest BCUT2D eigenvalue weighted by atomic mass is 9.91. The van der Waals surface area contributed by atoms with Crippen LogP contribution in [0, 0.1) is 19.8 Å². The first-order valence-electron chi connectivity index (χ1n) is 8.23. The maximum absolute atomic E-state index is 4.42. The molecule has 4 heteroatoms. The normalized spacial score (nSPS) is 19.5. The van der Waals surface area contributed by atoms with Gasteiger partial charge in [0.2, 0.25) is 0 Å². The van der Waals surface area contributed by atoms with E-state index in [1.807, 2.05) is 31.0 Å². The van der Waals surface area contributed by atoms with Crippen molar-refractivity contribution < 1.29 is 0 Å². The average molecular weight is 298 g/mol. The highest BCUT2D eigenvalue weighted by Gasteiger charge is 2.21. The topological polar surface area (TPSA) is 34.0 Å². The second-order valence-corrected chi connectivity index (χ2v) is 6.63. The summed E-state index contributed by atoms with van der Waals surface area (Å²) in [5.41, 5.74) is 5.11. The maximum atomic E-state index is 4.42. The van der Waals surface area contributed by atoms with E-state index in [-0.39, 0.29) is 0 Å². The quantitative estimate of drug-likeness (QED) is 0.870. The van der Waals surface area contributed by atoms with Crippen LogP contribution in [0.4, 0.5) is 0 Å². The molecule has 1 aliphatic rings. The van der Waals surface area contributed by atoms with Gasteiger partial charge in [0.05, 0.1) is 6.20 Å². The minimum absolute atomic E-state index is 0.746. The van der Waals surface area contributed by atoms with Crippen LogP contribution in [-0.4, -0.2) is 32.8 Å². The summed E-state index contributed by atoms with van der Waals surface area (Å²) in [5.74, 6) is 0.746. The monoisotopic (exact) mass is 298 g/mol. The van der Waals surface area contributed by atoms with E-state index in [9.17, 15) is 0 Å². The van der Waals surface area contributed by atoms with Gasteiger partial charge in [-0.15, -0.1) is 0 Å². The van der Waals surface area contributed by atoms with E-state index in [2.05, 4.69) is 34.0 Å². The molecule has 118 valence electrons. The highest BCUT2D eigenvalue weighted by Crippen LogP contribution is 2.22. The van der Waals surface area contributed by atoms with Crippen LogP contribution in [-0.2, 0) is 20.0 Å². The second kappa shape index (κ2) is 6.61. The highest BCUT2D eigenvalue weighted by molar-refractivity contribution is 5.16. The molecule has 0 spiro atoms. The molecule has 2 aromatic heterocycles. The van der Waals surface area contributed by atoms with E-state index in [0.29, 0.717) is 0 Å². The van der Waals surface area contributed by atoms with Crippen molar-refractivity contribution in [1.82, 2.24) is 19.7 Å². The molecule has 0 amide bonds. The van der Waals surface area contributed by atoms with Crippen LogP contribution in [0.15, 0.2) is 24.5 Å². The smallest absolute Gasteiger partial charge is 0.0537 e. The number of nitrogens with zero attached hydrogens (tertiary/aromatic N) is 4. The van der Waals surface area contributed by atoms with Gasteiger partial charge in [0, 0.05) is 43.3 Å². The fourth-order valence-corrected chi connectivity index (χ4v) is 3.35. The third kappa shape index (κ3) is 3.55. The Balaban J connectivity index is 1.59. The summed E-state index contributed by atoms with van der Waals surface area (Å²) in [5, 5.41) is 4.36. The lowest BCUT2D eigenvalue weighted by Gasteiger charge is -2.32. The fraction of sp³-hybridized carbons (Fsp3) is 0.556. The van der Waals surface area contributed by atoms with Crippen LogP contribution in [0.5, 0.6) is 0 Å². The SMILES string of the molecule is Cc1ccc(C[C@@H]2CCCN(Cc3cnn(C)c3C)C2)cn1. The van der Waals surface area contributed by atoms with Gasteiger partial charge in [0.1, 0.15) is 0 Å². The first kappa shape index (κ1) is 15.2. The zero-order valence-corrected chi connectivity index (χ0v) is 13.9. The minimum Gasteiger partial charge on any atom is -0.299 e. The third-order valence-electron chi connectivity index (χ3n) is 4.83. The number of aromatic nitrogens is 3. The van der Waals surface area contributed by atoms with Crippen LogP contribution < -0.4 is 0 Å². The first-order chi connectivity index (χ1) is 10.6. The Labute approximate surface area is 133 Å². The number of rotatable bonds is 4. The number of hydrogen-bond donors (Lipinski definition) is 0. The van der Waals surface area contributed by atoms with Gasteiger partial charge >= 0.3 is 0 Å². The Kier molecular flexibility index (Phi) is 4.57. The maximum Gasteiger partial charge on any atom is 0.0537 e. The van der Waals surface area contributed by atoms with E-state index in [1.54, 1.807) is 0 Å². The molecule has 0 radical (unpaired) electrons. The van der Waals surface area contributed by atoms with Crippen LogP contribution >= 0.6 is 0 Å². The van der Waals surface area contributed by atoms with Crippen LogP contribution in [0.3, 0.4) is 0 Å². The van der Waals surface area contributed by atoms with Gasteiger partial charge in [0.15, 0.2) is 0 Å². The van der Waals surface area contributed by atoms with Crippen molar-refractivity contribution in [2.75, 3.05) is 13.1 Å². The lowest BCUT2D eigenvalue weighted by Crippen LogP contribution is -2.35. The summed E-state index contributed by atoms with van der Waals surface area (Å²) in [7, 11) is 2.02. The summed E-state index contributed by atoms with van der Waals surface area (Å²) < 4.78 is 1.97. The zero-order valence-electron chi connectivity index (χ0n) is 13.9. The molecule has 3 rings (SSSR count). The van der Waals surface area contributed by atoms with Gasteiger partial charge in [-0.1, -0.05) is 6.07 Å². The van der Waals surface area contributed by atoms with Crippen molar-refractivity contribution in [1.29, 1.82) is 0 Å². The minimum atomic E-state index is 0.746. The molecule has 0 aromatic carbocycles. The molecule has 22 heavy (non-hydrogen) atoms. The Morgan fingerprint density at radius 1 is 1.23 bits per heavy atom. The largest absolute Gasteiger partial charge is 0.299 e. The molecule has 0 bridgehead atoms. The first-order valence-corrected chi connectivity index (χ1v) is 8.23. The van der Waals surface area contributed by atoms with Crippen LogP contribution in [0.1, 0.15) is 35.4 Å². The molecule has 1 aliphatic heterocycles. The number of likely N-dealkylation sites (tertiary alicyclic amines) is 1. The summed E-state index contributed by atoms with van der Waals surface area (Å²) >= 11 is 0. The fourth-order valence-electron chi connectivity index (χ4n) is 3.35. The molecule has 4 nitrogen and oxygen atoms in total. The summed E-state index contributed by atoms with van der Waals surface area (Å²) in [4.78, 5) is 7.00. The van der Waals surface area contributed by atoms with Crippen molar-refractivity contribution in [2.24, 2.45) is 13.0 Å². The van der Waals surface area contributed by atoms with Crippen LogP contribution in [0.25, 0.3) is 0 Å². The Morgan fingerprint density at radius 3 is 2.77 bits per heavy atom. The standard InChI is InChI=1S/C18H26N4/c1-14-6-7-16(10-19-14)9-17-5-4-8-22(12-17)13-18-11-20-21(3)15(18)2/h6-7,10-11,17H,4-5,8-9,12-13H2,1-3H3/t17-/m0/s1. The molecule has 2 aromatic rings. The average Bonchev–Trinajstić information content (AvgIpc) is 2.82. The van der Waals surface area contributed by atoms with E-state index in [0.717, 1.165) is 24.6 Å². The van der Waals surface area contributed by atoms with Crippen molar-refractivity contribution in [3.63, 3.8) is 0 Å². The molecule has 1 fully saturated rings. The number of aryl methyl sites for hydroxylation is 2. The van der Waals surface area contributed by atoms with Gasteiger partial charge in [0.25, 0.3) is 0 Å². The van der Waals surface area contributed by atoms with Crippen molar-refractivity contribution in [3.8, 4) is 0 Å². The Hall–Kier alpha value is -1.68. The molecule has 0 N–H and O–H groups in total. The third-order valence-corrected chi connectivity index (χ3v) is 4.83. The summed E-state index contributed by atoms with van der Waals surface area (Å²) in [6.07, 6.45) is 7.83. The second-order valence-electron chi connectivity index (χ2n) is 6.63. The van der Waals surface area contributed by atoms with E-state index in [4.69, 9.17) is 0 Å². The number of pyridine rings is 1. The van der Waals surface area contributed by atoms with Crippen molar-refractivity contribution in [2.45, 2.75) is 39.7 Å². The predicted molar refractivity (Wildman–Crippen MR) is 88.6 cm³/mol. The molecule has 0 unspecified atom stereocenters. The lowest BCUT2D eigenvalue weighted by molar-refractivity contribution is 0.166. The van der Waals surface area contributed by atoms with Gasteiger partial charge in [-0.05, 0) is 57.2 Å². The molecule has 1 saturated heterocycles. The Bertz CT molecular complexity index is 615. The predicted octanol–water partition coefficient (Wildman–Crippen LogP) is 2.89. The number of hydrogen-bond acceptors (Lipinski definition) is 3. The van der Waals surface area contributed by atoms with E-state index < -0.39 is 0 Å². The number of piperidine rings is 1. The van der Waals surface area contributed by atoms with Crippen LogP contribution in [0.2, 0.25) is 0 Å². The van der Waals surface area contributed by atoms with Gasteiger partial charge in [-0.25, -0.2) is 0 Å². The molecule has 0 aliphatic carbocycles. The molecule has 0 saturated carbocycles. The molecular formula is C18H26N4. The van der Waals surface area contributed by atoms with E-state index >= 15 is 0 Å². The van der Waals surface area contributed by atoms with Crippen molar-refractivity contribution in [3.05, 3.63) is 47.0 Å². The van der Waals surface area contributed by atoms with Gasteiger partial charge in [-0.2, -0.15) is 5.10 Å². The molecule has 3 heterocycles. The molecular weight excluding hydrogens is 272 g/mol. The van der Waals surface area contributed by atoms with Gasteiger partial charge < -0.3 is 0 Å². The molecule has 1 atom stereocenters.